The molecule has 1 amide bonds. The van der Waals surface area contributed by atoms with Crippen molar-refractivity contribution in [2.24, 2.45) is 11.1 Å². The van der Waals surface area contributed by atoms with Crippen molar-refractivity contribution in [3.05, 3.63) is 54.1 Å². The van der Waals surface area contributed by atoms with E-state index in [1.54, 1.807) is 13.4 Å². The van der Waals surface area contributed by atoms with Crippen molar-refractivity contribution in [3.8, 4) is 0 Å². The van der Waals surface area contributed by atoms with Gasteiger partial charge in [-0.25, -0.2) is 4.98 Å². The molecule has 0 unspecified atom stereocenters. The zero-order valence-electron chi connectivity index (χ0n) is 16.9. The van der Waals surface area contributed by atoms with Crippen molar-refractivity contribution in [1.29, 1.82) is 0 Å². The molecule has 1 saturated carbocycles. The Morgan fingerprint density at radius 3 is 2.66 bits per heavy atom. The van der Waals surface area contributed by atoms with Crippen LogP contribution in [0.2, 0.25) is 0 Å². The fourth-order valence-electron chi connectivity index (χ4n) is 3.63. The highest BCUT2D eigenvalue weighted by Crippen LogP contribution is 2.43. The summed E-state index contributed by atoms with van der Waals surface area (Å²) in [5, 5.41) is 3.05. The van der Waals surface area contributed by atoms with Crippen LogP contribution in [0.4, 0.5) is 0 Å². The second-order valence-corrected chi connectivity index (χ2v) is 7.65. The summed E-state index contributed by atoms with van der Waals surface area (Å²) in [5.41, 5.74) is 8.36. The maximum atomic E-state index is 12.4. The molecule has 1 aromatic carbocycles. The minimum absolute atomic E-state index is 0. The zero-order valence-corrected chi connectivity index (χ0v) is 18.5. The van der Waals surface area contributed by atoms with Gasteiger partial charge in [0.2, 0.25) is 5.91 Å². The van der Waals surface area contributed by atoms with E-state index in [2.05, 4.69) is 22.4 Å². The van der Waals surface area contributed by atoms with Crippen LogP contribution >= 0.6 is 24.8 Å². The van der Waals surface area contributed by atoms with Crippen molar-refractivity contribution in [3.63, 3.8) is 0 Å². The van der Waals surface area contributed by atoms with Crippen LogP contribution in [0.5, 0.6) is 0 Å². The van der Waals surface area contributed by atoms with Crippen LogP contribution in [0, 0.1) is 5.41 Å². The van der Waals surface area contributed by atoms with Crippen molar-refractivity contribution >= 4 is 30.7 Å². The summed E-state index contributed by atoms with van der Waals surface area (Å²) in [6.07, 6.45) is 8.71. The lowest BCUT2D eigenvalue weighted by atomic mass is 9.66. The summed E-state index contributed by atoms with van der Waals surface area (Å²) in [4.78, 5) is 16.8. The fraction of sp³-hybridized carbons (Fsp3) is 0.524. The summed E-state index contributed by atoms with van der Waals surface area (Å²) in [5.74, 6) is -0.101. The Morgan fingerprint density at radius 1 is 1.31 bits per heavy atom. The molecular weight excluding hydrogens is 411 g/mol. The van der Waals surface area contributed by atoms with E-state index < -0.39 is 6.04 Å². The number of benzene rings is 1. The number of ether oxygens (including phenoxy) is 1. The topological polar surface area (TPSA) is 82.2 Å². The number of hydrogen-bond acceptors (Lipinski definition) is 4. The first-order valence-electron chi connectivity index (χ1n) is 9.67. The molecule has 1 aromatic heterocycles. The second-order valence-electron chi connectivity index (χ2n) is 7.65. The van der Waals surface area contributed by atoms with Crippen LogP contribution in [0.3, 0.4) is 0 Å². The maximum absolute atomic E-state index is 12.4. The Balaban J connectivity index is 0.00000210. The average molecular weight is 443 g/mol. The Kier molecular flexibility index (Phi) is 10.7. The minimum Gasteiger partial charge on any atom is -0.385 e. The van der Waals surface area contributed by atoms with Crippen molar-refractivity contribution in [2.75, 3.05) is 20.3 Å². The quantitative estimate of drug-likeness (QED) is 0.592. The standard InChI is InChI=1S/C21H30N4O2.2ClH/c1-27-11-10-21(8-5-9-21)15-23-20(26)19(22)12-18-14-25(16-24-18)13-17-6-3-2-4-7-17;;/h2-4,6-7,14,16,19H,5,8-13,15,22H2,1H3,(H,23,26);2*1H/t19-;;/m0../s1. The molecule has 0 spiro atoms. The monoisotopic (exact) mass is 442 g/mol. The molecule has 1 heterocycles. The van der Waals surface area contributed by atoms with Gasteiger partial charge in [-0.05, 0) is 30.2 Å². The molecule has 3 rings (SSSR count). The summed E-state index contributed by atoms with van der Waals surface area (Å²) in [7, 11) is 1.72. The van der Waals surface area contributed by atoms with E-state index in [9.17, 15) is 4.79 Å². The van der Waals surface area contributed by atoms with Crippen LogP contribution in [-0.2, 0) is 22.5 Å². The summed E-state index contributed by atoms with van der Waals surface area (Å²) in [6, 6.07) is 9.63. The first-order chi connectivity index (χ1) is 13.1. The number of amides is 1. The predicted molar refractivity (Wildman–Crippen MR) is 120 cm³/mol. The maximum Gasteiger partial charge on any atom is 0.237 e. The molecule has 6 nitrogen and oxygen atoms in total. The van der Waals surface area contributed by atoms with Gasteiger partial charge in [0.1, 0.15) is 0 Å². The molecule has 3 N–H and O–H groups in total. The van der Waals surface area contributed by atoms with Crippen molar-refractivity contribution in [2.45, 2.75) is 44.7 Å². The molecule has 8 heteroatoms. The molecule has 0 bridgehead atoms. The van der Waals surface area contributed by atoms with Gasteiger partial charge in [0.05, 0.1) is 18.1 Å². The molecule has 0 saturated heterocycles. The summed E-state index contributed by atoms with van der Waals surface area (Å²) < 4.78 is 7.22. The first-order valence-corrected chi connectivity index (χ1v) is 9.67. The van der Waals surface area contributed by atoms with Crippen LogP contribution in [-0.4, -0.2) is 41.8 Å². The molecule has 0 radical (unpaired) electrons. The number of nitrogens with two attached hydrogens (primary N) is 1. The molecule has 1 aliphatic rings. The normalized spacial score (nSPS) is 15.4. The lowest BCUT2D eigenvalue weighted by Gasteiger charge is -2.42. The highest BCUT2D eigenvalue weighted by Gasteiger charge is 2.37. The number of nitrogens with one attached hydrogen (secondary N) is 1. The summed E-state index contributed by atoms with van der Waals surface area (Å²) >= 11 is 0. The van der Waals surface area contributed by atoms with E-state index in [4.69, 9.17) is 10.5 Å². The minimum atomic E-state index is -0.579. The third kappa shape index (κ3) is 7.30. The molecule has 162 valence electrons. The molecule has 1 aliphatic carbocycles. The van der Waals surface area contributed by atoms with E-state index in [1.165, 1.54) is 12.0 Å². The number of hydrogen-bond donors (Lipinski definition) is 2. The lowest BCUT2D eigenvalue weighted by molar-refractivity contribution is -0.123. The number of carbonyl (C=O) groups excluding carboxylic acids is 1. The SMILES string of the molecule is COCCC1(CNC(=O)[C@@H](N)Cc2cn(Cc3ccccc3)cn2)CCC1.Cl.Cl. The number of carbonyl (C=O) groups is 1. The van der Waals surface area contributed by atoms with Gasteiger partial charge < -0.3 is 20.4 Å². The van der Waals surface area contributed by atoms with Gasteiger partial charge in [-0.1, -0.05) is 36.8 Å². The number of imidazole rings is 1. The van der Waals surface area contributed by atoms with E-state index in [-0.39, 0.29) is 36.1 Å². The number of rotatable bonds is 10. The Hall–Kier alpha value is -1.60. The number of halogens is 2. The number of aromatic nitrogens is 2. The highest BCUT2D eigenvalue weighted by atomic mass is 35.5. The van der Waals surface area contributed by atoms with Gasteiger partial charge >= 0.3 is 0 Å². The number of methoxy groups -OCH3 is 1. The smallest absolute Gasteiger partial charge is 0.237 e. The van der Waals surface area contributed by atoms with E-state index in [0.29, 0.717) is 13.0 Å². The van der Waals surface area contributed by atoms with Gasteiger partial charge in [-0.3, -0.25) is 4.79 Å². The van der Waals surface area contributed by atoms with Gasteiger partial charge in [-0.15, -0.1) is 24.8 Å². The highest BCUT2D eigenvalue weighted by molar-refractivity contribution is 5.85. The molecule has 1 atom stereocenters. The largest absolute Gasteiger partial charge is 0.385 e. The average Bonchev–Trinajstić information content (AvgIpc) is 3.08. The molecule has 1 fully saturated rings. The van der Waals surface area contributed by atoms with E-state index in [1.807, 2.05) is 29.0 Å². The van der Waals surface area contributed by atoms with Gasteiger partial charge in [0.25, 0.3) is 0 Å². The Bertz CT molecular complexity index is 735. The number of nitrogens with zero attached hydrogens (tertiary/aromatic N) is 2. The van der Waals surface area contributed by atoms with Gasteiger partial charge in [0.15, 0.2) is 0 Å². The zero-order chi connectivity index (χ0) is 19.1. The van der Waals surface area contributed by atoms with Crippen LogP contribution in [0.25, 0.3) is 0 Å². The fourth-order valence-corrected chi connectivity index (χ4v) is 3.63. The third-order valence-corrected chi connectivity index (χ3v) is 5.55. The molecular formula is C21H32Cl2N4O2. The first kappa shape index (κ1) is 25.4. The predicted octanol–water partition coefficient (Wildman–Crippen LogP) is 2.97. The third-order valence-electron chi connectivity index (χ3n) is 5.55. The lowest BCUT2D eigenvalue weighted by Crippen LogP contribution is -2.48. The second kappa shape index (κ2) is 12.2. The van der Waals surface area contributed by atoms with Crippen molar-refractivity contribution < 1.29 is 9.53 Å². The van der Waals surface area contributed by atoms with Crippen LogP contribution in [0.1, 0.15) is 36.9 Å². The summed E-state index contributed by atoms with van der Waals surface area (Å²) in [6.45, 7) is 2.18. The van der Waals surface area contributed by atoms with E-state index >= 15 is 0 Å². The van der Waals surface area contributed by atoms with Crippen LogP contribution in [0.15, 0.2) is 42.9 Å². The van der Waals surface area contributed by atoms with E-state index in [0.717, 1.165) is 38.1 Å². The van der Waals surface area contributed by atoms with Gasteiger partial charge in [-0.2, -0.15) is 0 Å². The molecule has 29 heavy (non-hydrogen) atoms. The van der Waals surface area contributed by atoms with Crippen LogP contribution < -0.4 is 11.1 Å². The molecule has 2 aromatic rings. The van der Waals surface area contributed by atoms with Gasteiger partial charge in [0, 0.05) is 39.4 Å². The van der Waals surface area contributed by atoms with Crippen molar-refractivity contribution in [1.82, 2.24) is 14.9 Å². The molecule has 0 aliphatic heterocycles. The Morgan fingerprint density at radius 2 is 2.03 bits per heavy atom. The Labute approximate surface area is 185 Å².